The van der Waals surface area contributed by atoms with Crippen LogP contribution in [0.3, 0.4) is 0 Å². The van der Waals surface area contributed by atoms with E-state index in [-0.39, 0.29) is 18.0 Å². The number of carbonyl (C=O) groups is 2. The molecule has 1 saturated heterocycles. The maximum Gasteiger partial charge on any atom is 0.340 e. The number of carbonyl (C=O) groups excluding carboxylic acids is 2. The summed E-state index contributed by atoms with van der Waals surface area (Å²) in [4.78, 5) is 34.8. The summed E-state index contributed by atoms with van der Waals surface area (Å²) in [6, 6.07) is 9.31. The molecular weight excluding hydrogens is 458 g/mol. The van der Waals surface area contributed by atoms with Crippen molar-refractivity contribution < 1.29 is 19.1 Å². The largest absolute Gasteiger partial charge is 0.486 e. The number of nitrogens with one attached hydrogen (secondary N) is 1. The molecule has 0 unspecified atom stereocenters. The SMILES string of the molecule is CC(=O)N1CC(Oc2ccc(C(C)(C)N)c3cc(Nc4ccc5c(n4)CC(C)(C)OC5=O)ncc23)C1. The number of nitrogens with zero attached hydrogens (tertiary/aromatic N) is 3. The van der Waals surface area contributed by atoms with Gasteiger partial charge in [0.25, 0.3) is 0 Å². The van der Waals surface area contributed by atoms with Gasteiger partial charge in [-0.05, 0) is 62.9 Å². The number of rotatable bonds is 5. The number of benzene rings is 1. The van der Waals surface area contributed by atoms with Gasteiger partial charge in [-0.1, -0.05) is 6.07 Å². The molecule has 0 saturated carbocycles. The number of likely N-dealkylation sites (tertiary alicyclic amines) is 1. The minimum absolute atomic E-state index is 0.0496. The summed E-state index contributed by atoms with van der Waals surface area (Å²) in [5.41, 5.74) is 7.45. The van der Waals surface area contributed by atoms with Crippen LogP contribution in [0.5, 0.6) is 5.75 Å². The van der Waals surface area contributed by atoms with Crippen LogP contribution in [-0.2, 0) is 21.5 Å². The molecule has 9 nitrogen and oxygen atoms in total. The minimum atomic E-state index is -0.600. The summed E-state index contributed by atoms with van der Waals surface area (Å²) in [5, 5.41) is 5.04. The number of esters is 1. The Morgan fingerprint density at radius 1 is 1.19 bits per heavy atom. The Bertz CT molecular complexity index is 1370. The number of aromatic nitrogens is 2. The molecule has 1 amide bonds. The van der Waals surface area contributed by atoms with Crippen LogP contribution in [-0.4, -0.2) is 51.5 Å². The summed E-state index contributed by atoms with van der Waals surface area (Å²) >= 11 is 0. The first-order chi connectivity index (χ1) is 16.9. The standard InChI is InChI=1S/C27H31N5O4/c1-15(33)32-13-16(14-32)35-22-8-7-20(27(4,5)28)18-10-24(29-12-19(18)22)31-23-9-6-17-21(30-23)11-26(2,3)36-25(17)34/h6-10,12,16H,11,13-14,28H2,1-5H3,(H,29,30,31). The Kier molecular flexibility index (Phi) is 5.63. The molecule has 3 N–H and O–H groups in total. The Balaban J connectivity index is 1.46. The molecule has 5 rings (SSSR count). The second-order valence-corrected chi connectivity index (χ2v) is 10.8. The van der Waals surface area contributed by atoms with E-state index in [1.807, 2.05) is 45.9 Å². The maximum atomic E-state index is 12.3. The number of amides is 1. The second-order valence-electron chi connectivity index (χ2n) is 10.8. The summed E-state index contributed by atoms with van der Waals surface area (Å²) in [5.74, 6) is 1.59. The van der Waals surface area contributed by atoms with Gasteiger partial charge in [-0.2, -0.15) is 0 Å². The Labute approximate surface area is 210 Å². The van der Waals surface area contributed by atoms with E-state index in [0.717, 1.165) is 16.3 Å². The number of fused-ring (bicyclic) bond motifs is 2. The summed E-state index contributed by atoms with van der Waals surface area (Å²) in [6.45, 7) is 10.4. The first-order valence-electron chi connectivity index (χ1n) is 12.0. The van der Waals surface area contributed by atoms with Crippen molar-refractivity contribution in [2.45, 2.75) is 58.3 Å². The van der Waals surface area contributed by atoms with Gasteiger partial charge in [-0.3, -0.25) is 4.79 Å². The van der Waals surface area contributed by atoms with Gasteiger partial charge in [0.2, 0.25) is 5.91 Å². The molecule has 0 bridgehead atoms. The quantitative estimate of drug-likeness (QED) is 0.521. The zero-order chi connectivity index (χ0) is 25.8. The molecule has 0 aliphatic carbocycles. The van der Waals surface area contributed by atoms with Gasteiger partial charge in [0.1, 0.15) is 29.1 Å². The second kappa shape index (κ2) is 8.44. The third kappa shape index (κ3) is 4.58. The third-order valence-corrected chi connectivity index (χ3v) is 6.55. The molecule has 0 spiro atoms. The van der Waals surface area contributed by atoms with E-state index >= 15 is 0 Å². The first kappa shape index (κ1) is 24.0. The zero-order valence-corrected chi connectivity index (χ0v) is 21.2. The molecule has 1 fully saturated rings. The van der Waals surface area contributed by atoms with Crippen molar-refractivity contribution >= 4 is 34.3 Å². The molecule has 36 heavy (non-hydrogen) atoms. The van der Waals surface area contributed by atoms with Gasteiger partial charge in [0, 0.05) is 30.5 Å². The molecule has 9 heteroatoms. The molecule has 3 aromatic rings. The fraction of sp³-hybridized carbons (Fsp3) is 0.407. The van der Waals surface area contributed by atoms with E-state index in [4.69, 9.17) is 15.2 Å². The molecule has 0 radical (unpaired) electrons. The molecule has 2 aliphatic rings. The monoisotopic (exact) mass is 489 g/mol. The fourth-order valence-corrected chi connectivity index (χ4v) is 4.66. The van der Waals surface area contributed by atoms with Crippen LogP contribution >= 0.6 is 0 Å². The summed E-state index contributed by atoms with van der Waals surface area (Å²) < 4.78 is 11.7. The number of nitrogens with two attached hydrogens (primary N) is 1. The van der Waals surface area contributed by atoms with E-state index in [0.29, 0.717) is 48.2 Å². The van der Waals surface area contributed by atoms with Crippen molar-refractivity contribution in [1.82, 2.24) is 14.9 Å². The summed E-state index contributed by atoms with van der Waals surface area (Å²) in [6.07, 6.45) is 2.24. The smallest absolute Gasteiger partial charge is 0.340 e. The van der Waals surface area contributed by atoms with Gasteiger partial charge >= 0.3 is 5.97 Å². The normalized spacial score (nSPS) is 17.3. The third-order valence-electron chi connectivity index (χ3n) is 6.55. The minimum Gasteiger partial charge on any atom is -0.486 e. The molecule has 188 valence electrons. The van der Waals surface area contributed by atoms with Crippen molar-refractivity contribution in [2.75, 3.05) is 18.4 Å². The van der Waals surface area contributed by atoms with Crippen molar-refractivity contribution in [3.05, 3.63) is 53.3 Å². The number of ether oxygens (including phenoxy) is 2. The molecule has 4 heterocycles. The molecule has 2 aliphatic heterocycles. The lowest BCUT2D eigenvalue weighted by Gasteiger charge is -2.38. The number of anilines is 2. The lowest BCUT2D eigenvalue weighted by atomic mass is 9.90. The van der Waals surface area contributed by atoms with Crippen LogP contribution < -0.4 is 15.8 Å². The Morgan fingerprint density at radius 3 is 2.64 bits per heavy atom. The van der Waals surface area contributed by atoms with Gasteiger partial charge in [0.05, 0.1) is 24.3 Å². The van der Waals surface area contributed by atoms with Crippen LogP contribution in [0.4, 0.5) is 11.6 Å². The first-order valence-corrected chi connectivity index (χ1v) is 12.0. The highest BCUT2D eigenvalue weighted by Crippen LogP contribution is 2.36. The van der Waals surface area contributed by atoms with E-state index < -0.39 is 11.1 Å². The zero-order valence-electron chi connectivity index (χ0n) is 21.2. The van der Waals surface area contributed by atoms with Gasteiger partial charge < -0.3 is 25.4 Å². The molecule has 0 atom stereocenters. The highest BCUT2D eigenvalue weighted by molar-refractivity contribution is 5.94. The fourth-order valence-electron chi connectivity index (χ4n) is 4.66. The number of hydrogen-bond acceptors (Lipinski definition) is 8. The van der Waals surface area contributed by atoms with Crippen LogP contribution in [0, 0.1) is 0 Å². The number of cyclic esters (lactones) is 1. The van der Waals surface area contributed by atoms with Gasteiger partial charge in [0.15, 0.2) is 0 Å². The van der Waals surface area contributed by atoms with E-state index in [1.54, 1.807) is 30.2 Å². The van der Waals surface area contributed by atoms with Crippen LogP contribution in [0.15, 0.2) is 36.5 Å². The van der Waals surface area contributed by atoms with Crippen molar-refractivity contribution in [3.8, 4) is 5.75 Å². The van der Waals surface area contributed by atoms with E-state index in [2.05, 4.69) is 15.3 Å². The Morgan fingerprint density at radius 2 is 1.94 bits per heavy atom. The van der Waals surface area contributed by atoms with Crippen LogP contribution in [0.25, 0.3) is 10.8 Å². The maximum absolute atomic E-state index is 12.3. The van der Waals surface area contributed by atoms with Crippen molar-refractivity contribution in [1.29, 1.82) is 0 Å². The molecular formula is C27H31N5O4. The van der Waals surface area contributed by atoms with Crippen molar-refractivity contribution in [2.24, 2.45) is 5.73 Å². The highest BCUT2D eigenvalue weighted by atomic mass is 16.6. The predicted octanol–water partition coefficient (Wildman–Crippen LogP) is 3.67. The topological polar surface area (TPSA) is 120 Å². The van der Waals surface area contributed by atoms with Crippen molar-refractivity contribution in [3.63, 3.8) is 0 Å². The average Bonchev–Trinajstić information content (AvgIpc) is 2.73. The average molecular weight is 490 g/mol. The lowest BCUT2D eigenvalue weighted by molar-refractivity contribution is -0.137. The molecule has 2 aromatic heterocycles. The molecule has 1 aromatic carbocycles. The van der Waals surface area contributed by atoms with Gasteiger partial charge in [-0.15, -0.1) is 0 Å². The van der Waals surface area contributed by atoms with Crippen LogP contribution in [0.1, 0.15) is 56.2 Å². The predicted molar refractivity (Wildman–Crippen MR) is 136 cm³/mol. The highest BCUT2D eigenvalue weighted by Gasteiger charge is 2.34. The van der Waals surface area contributed by atoms with Crippen LogP contribution in [0.2, 0.25) is 0 Å². The Hall–Kier alpha value is -3.72. The number of hydrogen-bond donors (Lipinski definition) is 2. The van der Waals surface area contributed by atoms with Gasteiger partial charge in [-0.25, -0.2) is 14.8 Å². The van der Waals surface area contributed by atoms with E-state index in [9.17, 15) is 9.59 Å². The van der Waals surface area contributed by atoms with E-state index in [1.165, 1.54) is 0 Å². The lowest BCUT2D eigenvalue weighted by Crippen LogP contribution is -2.55. The summed E-state index contributed by atoms with van der Waals surface area (Å²) in [7, 11) is 0. The number of pyridine rings is 2.